The fraction of sp³-hybridized carbons (Fsp3) is 0.316. The Balaban J connectivity index is 1.82. The molecule has 0 spiro atoms. The van der Waals surface area contributed by atoms with Crippen LogP contribution in [0.3, 0.4) is 0 Å². The molecule has 2 aromatic rings. The molecule has 138 valence electrons. The Bertz CT molecular complexity index is 928. The van der Waals surface area contributed by atoms with Crippen LogP contribution in [0.2, 0.25) is 0 Å². The quantitative estimate of drug-likeness (QED) is 0.814. The van der Waals surface area contributed by atoms with Gasteiger partial charge in [0.25, 0.3) is 5.91 Å². The van der Waals surface area contributed by atoms with Crippen molar-refractivity contribution in [2.75, 3.05) is 6.54 Å². The number of aryl methyl sites for hydroxylation is 1. The molecule has 1 amide bonds. The molecule has 1 aliphatic rings. The van der Waals surface area contributed by atoms with E-state index >= 15 is 0 Å². The highest BCUT2D eigenvalue weighted by molar-refractivity contribution is 7.89. The molecule has 1 aliphatic carbocycles. The molecule has 5 nitrogen and oxygen atoms in total. The monoisotopic (exact) mass is 376 g/mol. The number of carbonyl (C=O) groups is 1. The Labute approximate surface area is 152 Å². The third-order valence-corrected chi connectivity index (χ3v) is 5.94. The minimum absolute atomic E-state index is 0.118. The average Bonchev–Trinajstić information content (AvgIpc) is 3.03. The van der Waals surface area contributed by atoms with E-state index in [2.05, 4.69) is 10.0 Å². The average molecular weight is 376 g/mol. The molecule has 1 unspecified atom stereocenters. The van der Waals surface area contributed by atoms with Gasteiger partial charge in [-0.25, -0.2) is 17.5 Å². The highest BCUT2D eigenvalue weighted by atomic mass is 32.2. The van der Waals surface area contributed by atoms with Gasteiger partial charge < -0.3 is 5.32 Å². The van der Waals surface area contributed by atoms with Gasteiger partial charge in [-0.15, -0.1) is 0 Å². The van der Waals surface area contributed by atoms with Crippen LogP contribution in [0.5, 0.6) is 0 Å². The van der Waals surface area contributed by atoms with Crippen molar-refractivity contribution in [3.05, 3.63) is 65.0 Å². The molecule has 0 saturated heterocycles. The van der Waals surface area contributed by atoms with Crippen molar-refractivity contribution in [1.29, 1.82) is 0 Å². The van der Waals surface area contributed by atoms with E-state index in [0.717, 1.165) is 30.5 Å². The smallest absolute Gasteiger partial charge is 0.251 e. The van der Waals surface area contributed by atoms with Gasteiger partial charge in [0.05, 0.1) is 6.04 Å². The molecule has 0 heterocycles. The summed E-state index contributed by atoms with van der Waals surface area (Å²) >= 11 is 0. The van der Waals surface area contributed by atoms with Gasteiger partial charge in [-0.2, -0.15) is 0 Å². The summed E-state index contributed by atoms with van der Waals surface area (Å²) in [5, 5.41) is 2.92. The number of hydrogen-bond donors (Lipinski definition) is 2. The first kappa shape index (κ1) is 18.5. The minimum atomic E-state index is -3.99. The van der Waals surface area contributed by atoms with E-state index < -0.39 is 26.6 Å². The number of rotatable bonds is 6. The number of halogens is 1. The molecule has 0 bridgehead atoms. The fourth-order valence-corrected chi connectivity index (χ4v) is 4.35. The van der Waals surface area contributed by atoms with Crippen molar-refractivity contribution in [2.45, 2.75) is 37.1 Å². The van der Waals surface area contributed by atoms with E-state index in [9.17, 15) is 17.6 Å². The topological polar surface area (TPSA) is 75.3 Å². The number of nitrogens with one attached hydrogen (secondary N) is 2. The van der Waals surface area contributed by atoms with Gasteiger partial charge in [-0.1, -0.05) is 31.2 Å². The SMILES string of the molecule is CCCNS(=O)(=O)c1cc(C(=O)NC2CCc3ccccc32)ccc1F. The van der Waals surface area contributed by atoms with E-state index in [1.54, 1.807) is 0 Å². The van der Waals surface area contributed by atoms with E-state index in [1.807, 2.05) is 31.2 Å². The molecule has 1 atom stereocenters. The first-order chi connectivity index (χ1) is 12.4. The van der Waals surface area contributed by atoms with Crippen molar-refractivity contribution in [2.24, 2.45) is 0 Å². The lowest BCUT2D eigenvalue weighted by atomic mass is 10.1. The van der Waals surface area contributed by atoms with Gasteiger partial charge in [0, 0.05) is 12.1 Å². The van der Waals surface area contributed by atoms with E-state index in [-0.39, 0.29) is 18.2 Å². The summed E-state index contributed by atoms with van der Waals surface area (Å²) in [6.45, 7) is 2.01. The zero-order chi connectivity index (χ0) is 18.7. The number of fused-ring (bicyclic) bond motifs is 1. The van der Waals surface area contributed by atoms with Crippen LogP contribution in [0.25, 0.3) is 0 Å². The molecule has 0 aliphatic heterocycles. The highest BCUT2D eigenvalue weighted by Gasteiger charge is 2.25. The Hall–Kier alpha value is -2.25. The third kappa shape index (κ3) is 3.78. The van der Waals surface area contributed by atoms with Crippen LogP contribution in [0.1, 0.15) is 47.3 Å². The first-order valence-corrected chi connectivity index (χ1v) is 10.1. The molecule has 0 aromatic heterocycles. The van der Waals surface area contributed by atoms with E-state index in [4.69, 9.17) is 0 Å². The van der Waals surface area contributed by atoms with Crippen molar-refractivity contribution >= 4 is 15.9 Å². The zero-order valence-electron chi connectivity index (χ0n) is 14.5. The van der Waals surface area contributed by atoms with Crippen LogP contribution in [-0.2, 0) is 16.4 Å². The Kier molecular flexibility index (Phi) is 5.38. The summed E-state index contributed by atoms with van der Waals surface area (Å²) in [5.74, 6) is -1.30. The maximum atomic E-state index is 14.0. The minimum Gasteiger partial charge on any atom is -0.345 e. The summed E-state index contributed by atoms with van der Waals surface area (Å²) < 4.78 is 40.7. The standard InChI is InChI=1S/C19H21FN2O3S/c1-2-11-21-26(24,25)18-12-14(7-9-16(18)20)19(23)22-17-10-8-13-5-3-4-6-15(13)17/h3-7,9,12,17,21H,2,8,10-11H2,1H3,(H,22,23). The van der Waals surface area contributed by atoms with Crippen LogP contribution >= 0.6 is 0 Å². The van der Waals surface area contributed by atoms with Crippen LogP contribution < -0.4 is 10.0 Å². The van der Waals surface area contributed by atoms with E-state index in [1.165, 1.54) is 11.6 Å². The van der Waals surface area contributed by atoms with Crippen LogP contribution in [0.4, 0.5) is 4.39 Å². The molecule has 0 radical (unpaired) electrons. The molecular weight excluding hydrogens is 355 g/mol. The molecular formula is C19H21FN2O3S. The van der Waals surface area contributed by atoms with Crippen molar-refractivity contribution in [3.8, 4) is 0 Å². The highest BCUT2D eigenvalue weighted by Crippen LogP contribution is 2.31. The lowest BCUT2D eigenvalue weighted by molar-refractivity contribution is 0.0936. The number of benzene rings is 2. The molecule has 3 rings (SSSR count). The summed E-state index contributed by atoms with van der Waals surface area (Å²) in [4.78, 5) is 12.1. The maximum absolute atomic E-state index is 14.0. The van der Waals surface area contributed by atoms with Crippen molar-refractivity contribution in [1.82, 2.24) is 10.0 Å². The van der Waals surface area contributed by atoms with Crippen molar-refractivity contribution in [3.63, 3.8) is 0 Å². The number of sulfonamides is 1. The molecule has 2 N–H and O–H groups in total. The molecule has 26 heavy (non-hydrogen) atoms. The Morgan fingerprint density at radius 1 is 1.23 bits per heavy atom. The van der Waals surface area contributed by atoms with Gasteiger partial charge in [-0.05, 0) is 48.6 Å². The number of carbonyl (C=O) groups excluding carboxylic acids is 1. The zero-order valence-corrected chi connectivity index (χ0v) is 15.3. The summed E-state index contributed by atoms with van der Waals surface area (Å²) in [6.07, 6.45) is 2.25. The lowest BCUT2D eigenvalue weighted by Crippen LogP contribution is -2.28. The first-order valence-electron chi connectivity index (χ1n) is 8.60. The Morgan fingerprint density at radius 3 is 2.77 bits per heavy atom. The van der Waals surface area contributed by atoms with Gasteiger partial charge >= 0.3 is 0 Å². The lowest BCUT2D eigenvalue weighted by Gasteiger charge is -2.15. The van der Waals surface area contributed by atoms with Gasteiger partial charge in [0.1, 0.15) is 10.7 Å². The number of hydrogen-bond acceptors (Lipinski definition) is 3. The maximum Gasteiger partial charge on any atom is 0.251 e. The van der Waals surface area contributed by atoms with E-state index in [0.29, 0.717) is 6.42 Å². The molecule has 7 heteroatoms. The molecule has 2 aromatic carbocycles. The normalized spacial score (nSPS) is 16.3. The second kappa shape index (κ2) is 7.55. The van der Waals surface area contributed by atoms with Gasteiger partial charge in [0.2, 0.25) is 10.0 Å². The van der Waals surface area contributed by atoms with Crippen LogP contribution in [0.15, 0.2) is 47.4 Å². The second-order valence-electron chi connectivity index (χ2n) is 6.31. The summed E-state index contributed by atoms with van der Waals surface area (Å²) in [7, 11) is -3.99. The molecule has 0 fully saturated rings. The number of amides is 1. The van der Waals surface area contributed by atoms with Gasteiger partial charge in [-0.3, -0.25) is 4.79 Å². The van der Waals surface area contributed by atoms with Crippen LogP contribution in [-0.4, -0.2) is 20.9 Å². The summed E-state index contributed by atoms with van der Waals surface area (Å²) in [6, 6.07) is 11.2. The summed E-state index contributed by atoms with van der Waals surface area (Å²) in [5.41, 5.74) is 2.39. The third-order valence-electron chi connectivity index (χ3n) is 4.46. The predicted octanol–water partition coefficient (Wildman–Crippen LogP) is 2.93. The van der Waals surface area contributed by atoms with Crippen molar-refractivity contribution < 1.29 is 17.6 Å². The predicted molar refractivity (Wildman–Crippen MR) is 96.8 cm³/mol. The largest absolute Gasteiger partial charge is 0.345 e. The van der Waals surface area contributed by atoms with Crippen LogP contribution in [0, 0.1) is 5.82 Å². The fourth-order valence-electron chi connectivity index (χ4n) is 3.11. The van der Waals surface area contributed by atoms with Gasteiger partial charge in [0.15, 0.2) is 0 Å². The Morgan fingerprint density at radius 2 is 2.00 bits per heavy atom. The molecule has 0 saturated carbocycles. The second-order valence-corrected chi connectivity index (χ2v) is 8.04.